The van der Waals surface area contributed by atoms with E-state index >= 15 is 0 Å². The Morgan fingerprint density at radius 1 is 1.09 bits per heavy atom. The number of carbonyl (C=O) groups is 1. The molecule has 0 saturated carbocycles. The molecule has 122 valence electrons. The highest BCUT2D eigenvalue weighted by atomic mass is 16.3. The van der Waals surface area contributed by atoms with Crippen LogP contribution in [0, 0.1) is 6.92 Å². The molecule has 0 aliphatic carbocycles. The Bertz CT molecular complexity index is 611. The van der Waals surface area contributed by atoms with Crippen LogP contribution in [0.15, 0.2) is 54.6 Å². The van der Waals surface area contributed by atoms with Gasteiger partial charge < -0.3 is 15.7 Å². The zero-order chi connectivity index (χ0) is 16.7. The highest BCUT2D eigenvalue weighted by Gasteiger charge is 2.12. The number of carbonyl (C=O) groups excluding carboxylic acids is 1. The van der Waals surface area contributed by atoms with Gasteiger partial charge in [-0.2, -0.15) is 0 Å². The second-order valence-electron chi connectivity index (χ2n) is 5.85. The second-order valence-corrected chi connectivity index (χ2v) is 5.85. The molecule has 0 fully saturated rings. The molecule has 0 saturated heterocycles. The van der Waals surface area contributed by atoms with Crippen LogP contribution in [0.4, 0.5) is 5.69 Å². The van der Waals surface area contributed by atoms with Crippen molar-refractivity contribution >= 4 is 11.6 Å². The van der Waals surface area contributed by atoms with Crippen molar-refractivity contribution in [1.29, 1.82) is 0 Å². The maximum atomic E-state index is 12.0. The van der Waals surface area contributed by atoms with Crippen molar-refractivity contribution in [3.63, 3.8) is 0 Å². The quantitative estimate of drug-likeness (QED) is 0.736. The van der Waals surface area contributed by atoms with E-state index in [0.29, 0.717) is 13.0 Å². The molecule has 3 N–H and O–H groups in total. The van der Waals surface area contributed by atoms with Crippen LogP contribution in [-0.2, 0) is 4.79 Å². The fourth-order valence-corrected chi connectivity index (χ4v) is 2.30. The van der Waals surface area contributed by atoms with Crippen molar-refractivity contribution in [2.24, 2.45) is 0 Å². The van der Waals surface area contributed by atoms with Crippen LogP contribution >= 0.6 is 0 Å². The number of aryl methyl sites for hydroxylation is 1. The van der Waals surface area contributed by atoms with Crippen molar-refractivity contribution in [3.05, 3.63) is 65.7 Å². The first-order valence-electron chi connectivity index (χ1n) is 7.87. The van der Waals surface area contributed by atoms with E-state index in [1.54, 1.807) is 0 Å². The molecule has 4 heteroatoms. The molecule has 0 spiro atoms. The lowest BCUT2D eigenvalue weighted by Crippen LogP contribution is -2.33. The van der Waals surface area contributed by atoms with Gasteiger partial charge in [0.05, 0.1) is 6.10 Å². The Kier molecular flexibility index (Phi) is 6.32. The summed E-state index contributed by atoms with van der Waals surface area (Å²) in [5.41, 5.74) is 2.84. The van der Waals surface area contributed by atoms with Gasteiger partial charge in [-0.1, -0.05) is 48.0 Å². The molecule has 2 atom stereocenters. The lowest BCUT2D eigenvalue weighted by Gasteiger charge is -2.17. The number of hydrogen-bond acceptors (Lipinski definition) is 3. The smallest absolute Gasteiger partial charge is 0.225 e. The molecule has 0 bridgehead atoms. The molecule has 4 nitrogen and oxygen atoms in total. The number of aliphatic hydroxyl groups excluding tert-OH is 1. The third kappa shape index (κ3) is 5.85. The van der Waals surface area contributed by atoms with Crippen molar-refractivity contribution in [2.75, 3.05) is 11.9 Å². The van der Waals surface area contributed by atoms with Gasteiger partial charge in [0, 0.05) is 24.7 Å². The predicted molar refractivity (Wildman–Crippen MR) is 93.3 cm³/mol. The summed E-state index contributed by atoms with van der Waals surface area (Å²) in [6.07, 6.45) is -0.217. The van der Waals surface area contributed by atoms with Crippen LogP contribution in [0.2, 0.25) is 0 Å². The molecule has 0 heterocycles. The van der Waals surface area contributed by atoms with Gasteiger partial charge >= 0.3 is 0 Å². The van der Waals surface area contributed by atoms with E-state index in [9.17, 15) is 9.90 Å². The minimum Gasteiger partial charge on any atom is -0.387 e. The Labute approximate surface area is 137 Å². The maximum absolute atomic E-state index is 12.0. The van der Waals surface area contributed by atoms with Crippen molar-refractivity contribution in [1.82, 2.24) is 5.32 Å². The minimum atomic E-state index is -0.574. The summed E-state index contributed by atoms with van der Waals surface area (Å²) < 4.78 is 0. The van der Waals surface area contributed by atoms with E-state index in [4.69, 9.17) is 0 Å². The average Bonchev–Trinajstić information content (AvgIpc) is 2.54. The van der Waals surface area contributed by atoms with Gasteiger partial charge in [0.25, 0.3) is 0 Å². The molecular formula is C19H24N2O2. The molecule has 0 aliphatic rings. The van der Waals surface area contributed by atoms with E-state index < -0.39 is 6.10 Å². The minimum absolute atomic E-state index is 0.0150. The number of amides is 1. The summed E-state index contributed by atoms with van der Waals surface area (Å²) in [7, 11) is 0. The summed E-state index contributed by atoms with van der Waals surface area (Å²) in [5, 5.41) is 16.2. The van der Waals surface area contributed by atoms with Crippen LogP contribution < -0.4 is 10.6 Å². The van der Waals surface area contributed by atoms with E-state index in [-0.39, 0.29) is 11.9 Å². The topological polar surface area (TPSA) is 61.4 Å². The molecule has 0 unspecified atom stereocenters. The molecule has 0 aliphatic heterocycles. The van der Waals surface area contributed by atoms with E-state index in [2.05, 4.69) is 10.6 Å². The van der Waals surface area contributed by atoms with Gasteiger partial charge in [-0.15, -0.1) is 0 Å². The van der Waals surface area contributed by atoms with Crippen molar-refractivity contribution in [3.8, 4) is 0 Å². The van der Waals surface area contributed by atoms with E-state index in [1.807, 2.05) is 68.4 Å². The summed E-state index contributed by atoms with van der Waals surface area (Å²) in [4.78, 5) is 12.0. The second kappa shape index (κ2) is 8.46. The van der Waals surface area contributed by atoms with Gasteiger partial charge in [-0.05, 0) is 31.5 Å². The van der Waals surface area contributed by atoms with Crippen LogP contribution in [0.1, 0.15) is 30.6 Å². The number of rotatable bonds is 7. The number of anilines is 1. The molecule has 2 aromatic carbocycles. The normalized spacial score (nSPS) is 13.3. The summed E-state index contributed by atoms with van der Waals surface area (Å²) in [6, 6.07) is 17.2. The zero-order valence-electron chi connectivity index (χ0n) is 13.6. The first-order valence-corrected chi connectivity index (χ1v) is 7.87. The standard InChI is InChI=1S/C19H24N2O2/c1-14-8-10-16(11-9-14)18(22)13-20-15(2)12-19(23)21-17-6-4-3-5-7-17/h3-11,15,18,20,22H,12-13H2,1-2H3,(H,21,23)/t15-,18-/m0/s1. The largest absolute Gasteiger partial charge is 0.387 e. The molecule has 2 aromatic rings. The lowest BCUT2D eigenvalue weighted by molar-refractivity contribution is -0.116. The van der Waals surface area contributed by atoms with Crippen LogP contribution in [-0.4, -0.2) is 23.6 Å². The van der Waals surface area contributed by atoms with Crippen LogP contribution in [0.25, 0.3) is 0 Å². The Morgan fingerprint density at radius 2 is 1.74 bits per heavy atom. The number of para-hydroxylation sites is 1. The predicted octanol–water partition coefficient (Wildman–Crippen LogP) is 3.04. The number of nitrogens with one attached hydrogen (secondary N) is 2. The molecule has 2 rings (SSSR count). The summed E-state index contributed by atoms with van der Waals surface area (Å²) >= 11 is 0. The first kappa shape index (κ1) is 17.2. The molecule has 1 amide bonds. The highest BCUT2D eigenvalue weighted by Crippen LogP contribution is 2.13. The fraction of sp³-hybridized carbons (Fsp3) is 0.316. The SMILES string of the molecule is Cc1ccc([C@@H](O)CN[C@@H](C)CC(=O)Nc2ccccc2)cc1. The van der Waals surface area contributed by atoms with E-state index in [0.717, 1.165) is 11.3 Å². The zero-order valence-corrected chi connectivity index (χ0v) is 13.6. The number of benzene rings is 2. The van der Waals surface area contributed by atoms with Gasteiger partial charge in [-0.25, -0.2) is 0 Å². The summed E-state index contributed by atoms with van der Waals surface area (Å²) in [5.74, 6) is -0.0407. The maximum Gasteiger partial charge on any atom is 0.225 e. The third-order valence-corrected chi connectivity index (χ3v) is 3.67. The van der Waals surface area contributed by atoms with Gasteiger partial charge in [0.1, 0.15) is 0 Å². The lowest BCUT2D eigenvalue weighted by atomic mass is 10.1. The van der Waals surface area contributed by atoms with E-state index in [1.165, 1.54) is 5.56 Å². The monoisotopic (exact) mass is 312 g/mol. The van der Waals surface area contributed by atoms with Gasteiger partial charge in [-0.3, -0.25) is 4.79 Å². The van der Waals surface area contributed by atoms with Gasteiger partial charge in [0.2, 0.25) is 5.91 Å². The van der Waals surface area contributed by atoms with Crippen molar-refractivity contribution < 1.29 is 9.90 Å². The third-order valence-electron chi connectivity index (χ3n) is 3.67. The van der Waals surface area contributed by atoms with Crippen LogP contribution in [0.3, 0.4) is 0 Å². The Morgan fingerprint density at radius 3 is 2.39 bits per heavy atom. The highest BCUT2D eigenvalue weighted by molar-refractivity contribution is 5.90. The molecular weight excluding hydrogens is 288 g/mol. The fourth-order valence-electron chi connectivity index (χ4n) is 2.30. The number of aliphatic hydroxyl groups is 1. The van der Waals surface area contributed by atoms with Crippen LogP contribution in [0.5, 0.6) is 0 Å². The number of hydrogen-bond donors (Lipinski definition) is 3. The van der Waals surface area contributed by atoms with Gasteiger partial charge in [0.15, 0.2) is 0 Å². The summed E-state index contributed by atoms with van der Waals surface area (Å²) in [6.45, 7) is 4.37. The first-order chi connectivity index (χ1) is 11.0. The molecule has 0 aromatic heterocycles. The Hall–Kier alpha value is -2.17. The average molecular weight is 312 g/mol. The molecule has 23 heavy (non-hydrogen) atoms. The Balaban J connectivity index is 1.75. The van der Waals surface area contributed by atoms with Crippen molar-refractivity contribution in [2.45, 2.75) is 32.4 Å². The molecule has 0 radical (unpaired) electrons.